The molecule has 1 aliphatic carbocycles. The molecule has 4 aliphatic rings. The Morgan fingerprint density at radius 1 is 0.958 bits per heavy atom. The van der Waals surface area contributed by atoms with E-state index in [0.29, 0.717) is 55.8 Å². The second kappa shape index (κ2) is 21.2. The van der Waals surface area contributed by atoms with Gasteiger partial charge >= 0.3 is 0 Å². The lowest BCUT2D eigenvalue weighted by atomic mass is 9.59. The summed E-state index contributed by atoms with van der Waals surface area (Å²) in [6, 6.07) is 28.4. The highest BCUT2D eigenvalue weighted by molar-refractivity contribution is 7.90. The molecule has 0 radical (unpaired) electrons. The number of nitrogens with one attached hydrogen (secondary N) is 4. The number of anilines is 2. The van der Waals surface area contributed by atoms with Gasteiger partial charge in [-0.1, -0.05) is 50.2 Å². The molecule has 1 unspecified atom stereocenters. The number of amides is 1. The van der Waals surface area contributed by atoms with Crippen LogP contribution in [0.3, 0.4) is 0 Å². The molecule has 10 rings (SSSR count). The lowest BCUT2D eigenvalue weighted by Crippen LogP contribution is -2.98. The van der Waals surface area contributed by atoms with Crippen LogP contribution < -0.4 is 29.5 Å². The molecule has 0 bridgehead atoms. The van der Waals surface area contributed by atoms with Crippen LogP contribution in [-0.2, 0) is 26.0 Å². The summed E-state index contributed by atoms with van der Waals surface area (Å²) in [6.45, 7) is 11.8. The normalized spacial score (nSPS) is 20.3. The second-order valence-corrected chi connectivity index (χ2v) is 21.7. The monoisotopic (exact) mass is 999 g/mol. The molecule has 18 heteroatoms. The van der Waals surface area contributed by atoms with E-state index in [0.717, 1.165) is 88.0 Å². The number of hydroxylamine groups is 1. The molecule has 6 heterocycles. The molecule has 4 fully saturated rings. The van der Waals surface area contributed by atoms with E-state index in [4.69, 9.17) is 18.9 Å². The van der Waals surface area contributed by atoms with Crippen molar-refractivity contribution in [1.29, 1.82) is 0 Å². The van der Waals surface area contributed by atoms with Crippen LogP contribution in [0.5, 0.6) is 17.2 Å². The third-order valence-electron chi connectivity index (χ3n) is 15.0. The largest absolute Gasteiger partial charge is 0.629 e. The first-order valence-electron chi connectivity index (χ1n) is 25.0. The highest BCUT2D eigenvalue weighted by atomic mass is 32.2. The van der Waals surface area contributed by atoms with Crippen LogP contribution in [0.4, 0.5) is 17.2 Å². The number of sulfonamides is 1. The van der Waals surface area contributed by atoms with Crippen LogP contribution >= 0.6 is 0 Å². The minimum Gasteiger partial charge on any atom is -0.629 e. The van der Waals surface area contributed by atoms with Crippen LogP contribution in [0.1, 0.15) is 78.5 Å². The number of methoxy groups -OCH3 is 1. The van der Waals surface area contributed by atoms with Gasteiger partial charge in [-0.2, -0.15) is 0 Å². The number of piperazine rings is 1. The maximum atomic E-state index is 14.1. The smallest absolute Gasteiger partial charge is 0.268 e. The first kappa shape index (κ1) is 49.5. The lowest BCUT2D eigenvalue weighted by molar-refractivity contribution is -0.751. The number of hydrogen-bond acceptors (Lipinski definition) is 14. The molecule has 4 N–H and O–H groups in total. The molecule has 1 amide bonds. The summed E-state index contributed by atoms with van der Waals surface area (Å²) >= 11 is 0. The zero-order valence-electron chi connectivity index (χ0n) is 41.4. The van der Waals surface area contributed by atoms with E-state index in [9.17, 15) is 18.4 Å². The fraction of sp³-hybridized carbons (Fsp3) is 0.426. The number of H-pyrrole nitrogens is 1. The fourth-order valence-corrected chi connectivity index (χ4v) is 12.0. The lowest BCUT2D eigenvalue weighted by Gasteiger charge is -2.58. The van der Waals surface area contributed by atoms with Crippen LogP contribution in [-0.4, -0.2) is 124 Å². The Balaban J connectivity index is 0.835. The Morgan fingerprint density at radius 3 is 2.51 bits per heavy atom. The summed E-state index contributed by atoms with van der Waals surface area (Å²) in [5, 5.41) is 16.2. The highest BCUT2D eigenvalue weighted by Gasteiger charge is 2.50. The number of nitrogens with zero attached hydrogens (tertiary/aromatic N) is 5. The average molecular weight is 1000 g/mol. The van der Waals surface area contributed by atoms with Crippen molar-refractivity contribution >= 4 is 44.2 Å². The molecule has 1 spiro atoms. The zero-order chi connectivity index (χ0) is 50.0. The number of fused-ring (bicyclic) bond motifs is 1. The van der Waals surface area contributed by atoms with Gasteiger partial charge < -0.3 is 44.4 Å². The Kier molecular flexibility index (Phi) is 14.5. The van der Waals surface area contributed by atoms with E-state index in [2.05, 4.69) is 89.9 Å². The SMILES string of the molecule is COc1ccc(CN2CCN(C3CC4(CCN(c5ccc(C(=O)NS(=O)(=O)c6cnc(NC[C@H]7COCCO7)c([NH+](C)[O-])c6)c(Oc6cnc7[nH]ccc7c6)c5)CC4)C3)[C@H](c3ccccc3C(C)C)C2)cc1. The van der Waals surface area contributed by atoms with Crippen LogP contribution in [0.2, 0.25) is 0 Å². The Morgan fingerprint density at radius 2 is 1.76 bits per heavy atom. The number of carbonyl (C=O) groups excluding carboxylic acids is 1. The molecule has 380 valence electrons. The first-order chi connectivity index (χ1) is 34.8. The van der Waals surface area contributed by atoms with Crippen LogP contribution in [0.25, 0.3) is 11.0 Å². The van der Waals surface area contributed by atoms with Gasteiger partial charge in [-0.05, 0) is 90.1 Å². The zero-order valence-corrected chi connectivity index (χ0v) is 42.3. The maximum absolute atomic E-state index is 14.1. The number of carbonyl (C=O) groups is 1. The van der Waals surface area contributed by atoms with Crippen molar-refractivity contribution in [2.45, 2.75) is 75.1 Å². The minimum absolute atomic E-state index is 0.0113. The van der Waals surface area contributed by atoms with Gasteiger partial charge in [0.1, 0.15) is 27.8 Å². The highest BCUT2D eigenvalue weighted by Crippen LogP contribution is 2.53. The van der Waals surface area contributed by atoms with Crippen molar-refractivity contribution in [3.05, 3.63) is 131 Å². The average Bonchev–Trinajstić information content (AvgIpc) is 3.86. The molecular weight excluding hydrogens is 935 g/mol. The number of ether oxygens (including phenoxy) is 4. The van der Waals surface area contributed by atoms with Crippen molar-refractivity contribution in [3.8, 4) is 17.2 Å². The summed E-state index contributed by atoms with van der Waals surface area (Å²) in [5.41, 5.74) is 6.02. The Bertz CT molecular complexity index is 2960. The number of piperidine rings is 1. The van der Waals surface area contributed by atoms with E-state index in [1.165, 1.54) is 29.8 Å². The second-order valence-electron chi connectivity index (χ2n) is 20.0. The van der Waals surface area contributed by atoms with Gasteiger partial charge in [0.05, 0.1) is 58.0 Å². The summed E-state index contributed by atoms with van der Waals surface area (Å²) in [7, 11) is -1.47. The molecule has 72 heavy (non-hydrogen) atoms. The summed E-state index contributed by atoms with van der Waals surface area (Å²) < 4.78 is 52.9. The number of rotatable bonds is 16. The van der Waals surface area contributed by atoms with Crippen LogP contribution in [0, 0.1) is 10.6 Å². The Hall–Kier alpha value is -6.12. The molecule has 1 saturated carbocycles. The fourth-order valence-electron chi connectivity index (χ4n) is 11.0. The van der Waals surface area contributed by atoms with Crippen molar-refractivity contribution in [3.63, 3.8) is 0 Å². The number of aromatic nitrogens is 3. The Labute approximate surface area is 421 Å². The van der Waals surface area contributed by atoms with Crippen molar-refractivity contribution in [2.24, 2.45) is 5.41 Å². The molecule has 6 aromatic rings. The molecular formula is C54H65N9O8S. The van der Waals surface area contributed by atoms with Gasteiger partial charge in [-0.15, -0.1) is 0 Å². The van der Waals surface area contributed by atoms with Gasteiger partial charge in [-0.3, -0.25) is 14.6 Å². The summed E-state index contributed by atoms with van der Waals surface area (Å²) in [6.07, 6.45) is 8.59. The third-order valence-corrected chi connectivity index (χ3v) is 16.3. The molecule has 3 aromatic carbocycles. The maximum Gasteiger partial charge on any atom is 0.268 e. The molecule has 3 aromatic heterocycles. The van der Waals surface area contributed by atoms with Crippen molar-refractivity contribution in [1.82, 2.24) is 29.5 Å². The van der Waals surface area contributed by atoms with E-state index in [1.807, 2.05) is 36.4 Å². The van der Waals surface area contributed by atoms with Gasteiger partial charge in [-0.25, -0.2) is 23.1 Å². The first-order valence-corrected chi connectivity index (χ1v) is 26.5. The van der Waals surface area contributed by atoms with Crippen molar-refractivity contribution < 1.29 is 37.2 Å². The molecule has 3 atom stereocenters. The van der Waals surface area contributed by atoms with E-state index >= 15 is 0 Å². The topological polar surface area (TPSA) is 191 Å². The minimum atomic E-state index is -4.50. The standard InChI is InChI=1S/C54H65N9O8S/c1-36(2)45-7-5-6-8-46(45)49-34-61(33-37-9-12-41(68-4)13-10-37)21-22-63(49)40-28-54(29-40)16-19-62(20-17-54)39-11-14-47(50(26-39)71-42-25-38-15-18-55-51(38)56-30-42)53(64)59-72(66,67)44-27-48(60(3)65)52(58-32-44)57-31-43-35-69-23-24-70-43/h5-15,18,25-27,30,32,36,40,43,49,60H,16-17,19-24,28-29,31,33-35H2,1-4H3,(H,55,56)(H,57,58)(H,59,64)/t43-,49-/m0/s1. The summed E-state index contributed by atoms with van der Waals surface area (Å²) in [5.74, 6) is 1.16. The predicted octanol–water partition coefficient (Wildman–Crippen LogP) is 6.78. The van der Waals surface area contributed by atoms with Crippen molar-refractivity contribution in [2.75, 3.05) is 83.5 Å². The van der Waals surface area contributed by atoms with Crippen LogP contribution in [0.15, 0.2) is 108 Å². The van der Waals surface area contributed by atoms with Gasteiger partial charge in [0.15, 0.2) is 11.5 Å². The third kappa shape index (κ3) is 10.8. The van der Waals surface area contributed by atoms with Gasteiger partial charge in [0, 0.05) is 87.3 Å². The quantitative estimate of drug-likeness (QED) is 0.0743. The molecule has 3 aliphatic heterocycles. The van der Waals surface area contributed by atoms with E-state index in [1.54, 1.807) is 25.6 Å². The number of quaternary nitrogens is 1. The molecule has 17 nitrogen and oxygen atoms in total. The van der Waals surface area contributed by atoms with E-state index < -0.39 is 21.0 Å². The van der Waals surface area contributed by atoms with Gasteiger partial charge in [0.25, 0.3) is 15.9 Å². The number of aromatic amines is 1. The molecule has 3 saturated heterocycles. The summed E-state index contributed by atoms with van der Waals surface area (Å²) in [4.78, 5) is 33.3. The predicted molar refractivity (Wildman–Crippen MR) is 276 cm³/mol. The number of pyridine rings is 2. The van der Waals surface area contributed by atoms with Gasteiger partial charge in [0.2, 0.25) is 0 Å². The number of benzene rings is 3. The number of hydrogen-bond donors (Lipinski definition) is 4. The van der Waals surface area contributed by atoms with E-state index in [-0.39, 0.29) is 39.2 Å².